The third-order valence-electron chi connectivity index (χ3n) is 4.02. The molecule has 0 unspecified atom stereocenters. The van der Waals surface area contributed by atoms with E-state index in [1.165, 1.54) is 0 Å². The quantitative estimate of drug-likeness (QED) is 0.783. The molecule has 0 spiro atoms. The summed E-state index contributed by atoms with van der Waals surface area (Å²) in [7, 11) is 3.88. The number of para-hydroxylation sites is 2. The zero-order valence-corrected chi connectivity index (χ0v) is 14.1. The number of aromatic nitrogens is 3. The van der Waals surface area contributed by atoms with Gasteiger partial charge >= 0.3 is 0 Å². The molecule has 6 nitrogen and oxygen atoms in total. The molecule has 24 heavy (non-hydrogen) atoms. The van der Waals surface area contributed by atoms with Gasteiger partial charge in [0.25, 0.3) is 0 Å². The molecule has 1 atom stereocenters. The fraction of sp³-hybridized carbons (Fsp3) is 0.278. The van der Waals surface area contributed by atoms with Crippen LogP contribution in [-0.2, 0) is 11.3 Å². The van der Waals surface area contributed by atoms with Gasteiger partial charge in [-0.2, -0.15) is 0 Å². The molecule has 124 valence electrons. The first-order chi connectivity index (χ1) is 11.6. The van der Waals surface area contributed by atoms with Gasteiger partial charge in [-0.15, -0.1) is 0 Å². The highest BCUT2D eigenvalue weighted by atomic mass is 16.2. The third kappa shape index (κ3) is 3.08. The van der Waals surface area contributed by atoms with E-state index in [0.717, 1.165) is 22.4 Å². The lowest BCUT2D eigenvalue weighted by atomic mass is 10.2. The van der Waals surface area contributed by atoms with Crippen LogP contribution < -0.4 is 10.2 Å². The molecule has 3 aromatic rings. The third-order valence-corrected chi connectivity index (χ3v) is 4.02. The Morgan fingerprint density at radius 1 is 1.21 bits per heavy atom. The number of carbonyl (C=O) groups excluding carboxylic acids is 1. The Hall–Kier alpha value is -2.89. The Balaban J connectivity index is 1.73. The van der Waals surface area contributed by atoms with Gasteiger partial charge in [0.15, 0.2) is 0 Å². The van der Waals surface area contributed by atoms with Crippen LogP contribution >= 0.6 is 0 Å². The zero-order chi connectivity index (χ0) is 17.1. The molecular formula is C18H21N5O. The normalized spacial score (nSPS) is 12.1. The standard InChI is InChI=1S/C18H21N5O/c1-13(23-12-21-15-8-4-5-9-16(15)23)18(24)20-11-14-7-6-10-19-17(14)22(2)3/h4-10,12-13H,11H2,1-3H3,(H,20,24)/t13-/m1/s1. The molecule has 0 fully saturated rings. The summed E-state index contributed by atoms with van der Waals surface area (Å²) in [5.41, 5.74) is 2.83. The molecular weight excluding hydrogens is 302 g/mol. The topological polar surface area (TPSA) is 63.1 Å². The van der Waals surface area contributed by atoms with Gasteiger partial charge in [0.1, 0.15) is 11.9 Å². The summed E-state index contributed by atoms with van der Waals surface area (Å²) < 4.78 is 1.89. The summed E-state index contributed by atoms with van der Waals surface area (Å²) in [5.74, 6) is 0.810. The van der Waals surface area contributed by atoms with Crippen molar-refractivity contribution in [2.24, 2.45) is 0 Å². The van der Waals surface area contributed by atoms with E-state index in [1.807, 2.05) is 66.9 Å². The molecule has 0 radical (unpaired) electrons. The molecule has 1 aromatic carbocycles. The largest absolute Gasteiger partial charge is 0.362 e. The van der Waals surface area contributed by atoms with Crippen LogP contribution in [0.15, 0.2) is 48.9 Å². The van der Waals surface area contributed by atoms with E-state index in [0.29, 0.717) is 6.54 Å². The number of nitrogens with zero attached hydrogens (tertiary/aromatic N) is 4. The van der Waals surface area contributed by atoms with E-state index in [9.17, 15) is 4.79 Å². The molecule has 2 heterocycles. The van der Waals surface area contributed by atoms with Crippen LogP contribution in [0.4, 0.5) is 5.82 Å². The number of imidazole rings is 1. The number of fused-ring (bicyclic) bond motifs is 1. The summed E-state index contributed by atoms with van der Waals surface area (Å²) >= 11 is 0. The maximum atomic E-state index is 12.5. The van der Waals surface area contributed by atoms with Crippen molar-refractivity contribution in [2.45, 2.75) is 19.5 Å². The van der Waals surface area contributed by atoms with Crippen molar-refractivity contribution < 1.29 is 4.79 Å². The number of amides is 1. The summed E-state index contributed by atoms with van der Waals surface area (Å²) in [6.07, 6.45) is 3.46. The van der Waals surface area contributed by atoms with E-state index in [2.05, 4.69) is 15.3 Å². The van der Waals surface area contributed by atoms with E-state index in [-0.39, 0.29) is 11.9 Å². The van der Waals surface area contributed by atoms with Crippen LogP contribution in [0.5, 0.6) is 0 Å². The van der Waals surface area contributed by atoms with E-state index >= 15 is 0 Å². The van der Waals surface area contributed by atoms with Crippen molar-refractivity contribution in [2.75, 3.05) is 19.0 Å². The maximum Gasteiger partial charge on any atom is 0.243 e. The summed E-state index contributed by atoms with van der Waals surface area (Å²) in [5, 5.41) is 2.99. The van der Waals surface area contributed by atoms with Gasteiger partial charge in [0, 0.05) is 32.4 Å². The number of nitrogens with one attached hydrogen (secondary N) is 1. The fourth-order valence-corrected chi connectivity index (χ4v) is 2.71. The van der Waals surface area contributed by atoms with Gasteiger partial charge in [0.2, 0.25) is 5.91 Å². The number of rotatable bonds is 5. The predicted molar refractivity (Wildman–Crippen MR) is 94.9 cm³/mol. The predicted octanol–water partition coefficient (Wildman–Crippen LogP) is 2.37. The first-order valence-electron chi connectivity index (χ1n) is 7.88. The Morgan fingerprint density at radius 2 is 2.00 bits per heavy atom. The molecule has 1 N–H and O–H groups in total. The average Bonchev–Trinajstić information content (AvgIpc) is 3.03. The molecule has 3 rings (SSSR count). The van der Waals surface area contributed by atoms with Crippen LogP contribution in [0, 0.1) is 0 Å². The minimum absolute atomic E-state index is 0.0493. The Kier molecular flexibility index (Phi) is 4.46. The number of pyridine rings is 1. The average molecular weight is 323 g/mol. The fourth-order valence-electron chi connectivity index (χ4n) is 2.71. The molecule has 6 heteroatoms. The highest BCUT2D eigenvalue weighted by Crippen LogP contribution is 2.18. The molecule has 0 aliphatic heterocycles. The molecule has 0 saturated heterocycles. The number of hydrogen-bond donors (Lipinski definition) is 1. The lowest BCUT2D eigenvalue weighted by Crippen LogP contribution is -2.31. The molecule has 0 saturated carbocycles. The second-order valence-electron chi connectivity index (χ2n) is 5.91. The smallest absolute Gasteiger partial charge is 0.243 e. The zero-order valence-electron chi connectivity index (χ0n) is 14.1. The van der Waals surface area contributed by atoms with Gasteiger partial charge in [-0.1, -0.05) is 18.2 Å². The SMILES string of the molecule is C[C@H](C(=O)NCc1cccnc1N(C)C)n1cnc2ccccc21. The Bertz CT molecular complexity index is 855. The molecule has 0 aliphatic rings. The Labute approximate surface area is 141 Å². The van der Waals surface area contributed by atoms with Crippen LogP contribution in [0.1, 0.15) is 18.5 Å². The van der Waals surface area contributed by atoms with Gasteiger partial charge in [0.05, 0.1) is 17.4 Å². The summed E-state index contributed by atoms with van der Waals surface area (Å²) in [6.45, 7) is 2.32. The van der Waals surface area contributed by atoms with Gasteiger partial charge in [-0.25, -0.2) is 9.97 Å². The van der Waals surface area contributed by atoms with Crippen LogP contribution in [0.2, 0.25) is 0 Å². The number of hydrogen-bond acceptors (Lipinski definition) is 4. The van der Waals surface area contributed by atoms with Crippen molar-refractivity contribution in [1.82, 2.24) is 19.9 Å². The second kappa shape index (κ2) is 6.70. The highest BCUT2D eigenvalue weighted by molar-refractivity contribution is 5.83. The summed E-state index contributed by atoms with van der Waals surface area (Å²) in [6, 6.07) is 11.3. The first-order valence-corrected chi connectivity index (χ1v) is 7.88. The van der Waals surface area contributed by atoms with Crippen molar-refractivity contribution in [3.8, 4) is 0 Å². The molecule has 2 aromatic heterocycles. The van der Waals surface area contributed by atoms with Crippen molar-refractivity contribution >= 4 is 22.8 Å². The highest BCUT2D eigenvalue weighted by Gasteiger charge is 2.17. The molecule has 0 aliphatic carbocycles. The lowest BCUT2D eigenvalue weighted by Gasteiger charge is -2.18. The van der Waals surface area contributed by atoms with Gasteiger partial charge in [-0.3, -0.25) is 4.79 Å². The van der Waals surface area contributed by atoms with E-state index < -0.39 is 0 Å². The minimum Gasteiger partial charge on any atom is -0.362 e. The van der Waals surface area contributed by atoms with Crippen molar-refractivity contribution in [3.05, 3.63) is 54.5 Å². The molecule has 1 amide bonds. The van der Waals surface area contributed by atoms with E-state index in [1.54, 1.807) is 12.5 Å². The second-order valence-corrected chi connectivity index (χ2v) is 5.91. The van der Waals surface area contributed by atoms with Crippen LogP contribution in [-0.4, -0.2) is 34.5 Å². The first kappa shape index (κ1) is 16.0. The summed E-state index contributed by atoms with van der Waals surface area (Å²) in [4.78, 5) is 23.2. The lowest BCUT2D eigenvalue weighted by molar-refractivity contribution is -0.123. The monoisotopic (exact) mass is 323 g/mol. The van der Waals surface area contributed by atoms with Crippen LogP contribution in [0.25, 0.3) is 11.0 Å². The Morgan fingerprint density at radius 3 is 2.79 bits per heavy atom. The number of anilines is 1. The number of benzene rings is 1. The molecule has 0 bridgehead atoms. The number of carbonyl (C=O) groups is 1. The van der Waals surface area contributed by atoms with E-state index in [4.69, 9.17) is 0 Å². The van der Waals surface area contributed by atoms with Crippen LogP contribution in [0.3, 0.4) is 0 Å². The van der Waals surface area contributed by atoms with Gasteiger partial charge < -0.3 is 14.8 Å². The van der Waals surface area contributed by atoms with Crippen molar-refractivity contribution in [1.29, 1.82) is 0 Å². The minimum atomic E-state index is -0.336. The van der Waals surface area contributed by atoms with Gasteiger partial charge in [-0.05, 0) is 25.1 Å². The van der Waals surface area contributed by atoms with Crippen molar-refractivity contribution in [3.63, 3.8) is 0 Å². The maximum absolute atomic E-state index is 12.5.